The average Bonchev–Trinajstić information content (AvgIpc) is 3.84. The van der Waals surface area contributed by atoms with E-state index in [0.717, 1.165) is 147 Å². The molecule has 0 saturated heterocycles. The summed E-state index contributed by atoms with van der Waals surface area (Å²) in [5, 5.41) is 14.5. The number of anilines is 2. The molecule has 0 bridgehead atoms. The van der Waals surface area contributed by atoms with Gasteiger partial charge in [0.2, 0.25) is 23.6 Å². The van der Waals surface area contributed by atoms with E-state index in [4.69, 9.17) is 0 Å². The molecule has 21 heteroatoms. The largest absolute Gasteiger partial charge is 0.756 e. The second-order valence-electron chi connectivity index (χ2n) is 19.5. The molecule has 1 aromatic heterocycles. The van der Waals surface area contributed by atoms with Gasteiger partial charge < -0.3 is 48.3 Å². The molecule has 2 atom stereocenters. The molecule has 430 valence electrons. The van der Waals surface area contributed by atoms with Gasteiger partial charge in [-0.2, -0.15) is 0 Å². The Morgan fingerprint density at radius 3 is 1.55 bits per heavy atom. The molecule has 5 aromatic rings. The lowest BCUT2D eigenvalue weighted by atomic mass is 9.95. The van der Waals surface area contributed by atoms with Crippen LogP contribution in [0.3, 0.4) is 0 Å². The second-order valence-corrected chi connectivity index (χ2v) is 22.6. The zero-order valence-corrected chi connectivity index (χ0v) is 48.0. The third kappa shape index (κ3) is 20.0. The summed E-state index contributed by atoms with van der Waals surface area (Å²) >= 11 is 0. The minimum absolute atomic E-state index is 0.00527. The van der Waals surface area contributed by atoms with Crippen molar-refractivity contribution in [2.24, 2.45) is 7.05 Å². The molecule has 2 unspecified atom stereocenters. The fraction of sp³-hybridized carbons (Fsp3) is 0.458. The van der Waals surface area contributed by atoms with Crippen molar-refractivity contribution in [1.29, 1.82) is 0 Å². The molecule has 2 N–H and O–H groups in total. The maximum Gasteiger partial charge on any atom is 0.267 e. The minimum Gasteiger partial charge on any atom is -0.756 e. The number of aromatic nitrogens is 3. The van der Waals surface area contributed by atoms with Crippen molar-refractivity contribution in [2.45, 2.75) is 129 Å². The summed E-state index contributed by atoms with van der Waals surface area (Å²) in [4.78, 5) is 76.8. The fourth-order valence-electron chi connectivity index (χ4n) is 9.32. The third-order valence-corrected chi connectivity index (χ3v) is 15.6. The van der Waals surface area contributed by atoms with E-state index in [1.54, 1.807) is 4.68 Å². The minimum atomic E-state index is -4.16. The van der Waals surface area contributed by atoms with Gasteiger partial charge in [0, 0.05) is 82.3 Å². The van der Waals surface area contributed by atoms with Crippen LogP contribution in [0.1, 0.15) is 138 Å². The van der Waals surface area contributed by atoms with Crippen molar-refractivity contribution >= 4 is 50.6 Å². The first kappa shape index (κ1) is 62.9. The second kappa shape index (κ2) is 32.8. The van der Waals surface area contributed by atoms with E-state index in [1.807, 2.05) is 114 Å². The molecular formula is C59H75N7O12P2-2. The SMILES string of the molecule is COP(=O)([O-])OCCCCCNC(=O)CCCCCCC(=O)N1Cc2ccccc2-c2nnn(C)c2-c2ccccc21.COP(=O)([O-])OCCCCCNC(=O)CCCCCCC(=O)N1Cc2ccccc2C#Cc2ccccc21. The average molecular weight is 1140 g/mol. The predicted octanol–water partition coefficient (Wildman–Crippen LogP) is 9.45. The Morgan fingerprint density at radius 1 is 0.537 bits per heavy atom. The zero-order valence-electron chi connectivity index (χ0n) is 46.2. The van der Waals surface area contributed by atoms with E-state index in [1.165, 1.54) is 0 Å². The molecule has 0 spiro atoms. The van der Waals surface area contributed by atoms with Crippen LogP contribution in [0.15, 0.2) is 97.1 Å². The van der Waals surface area contributed by atoms with Gasteiger partial charge in [-0.1, -0.05) is 116 Å². The normalized spacial score (nSPS) is 13.7. The molecule has 19 nitrogen and oxygen atoms in total. The molecule has 2 aliphatic heterocycles. The highest BCUT2D eigenvalue weighted by Crippen LogP contribution is 2.41. The van der Waals surface area contributed by atoms with Crippen LogP contribution in [-0.2, 0) is 66.5 Å². The van der Waals surface area contributed by atoms with Crippen LogP contribution >= 0.6 is 15.6 Å². The molecule has 0 saturated carbocycles. The molecule has 80 heavy (non-hydrogen) atoms. The quantitative estimate of drug-likeness (QED) is 0.0247. The zero-order chi connectivity index (χ0) is 57.2. The summed E-state index contributed by atoms with van der Waals surface area (Å²) in [6.45, 7) is 2.21. The third-order valence-electron chi connectivity index (χ3n) is 13.7. The van der Waals surface area contributed by atoms with Gasteiger partial charge in [-0.05, 0) is 99.6 Å². The van der Waals surface area contributed by atoms with Gasteiger partial charge in [0.15, 0.2) is 0 Å². The number of carbonyl (C=O) groups is 4. The molecule has 4 amide bonds. The topological polar surface area (TPSA) is 247 Å². The smallest absolute Gasteiger partial charge is 0.267 e. The lowest BCUT2D eigenvalue weighted by molar-refractivity contribution is -0.224. The van der Waals surface area contributed by atoms with Crippen molar-refractivity contribution in [3.05, 3.63) is 119 Å². The first-order chi connectivity index (χ1) is 38.7. The molecule has 2 aliphatic rings. The number of carbonyl (C=O) groups excluding carboxylic acids is 4. The van der Waals surface area contributed by atoms with Gasteiger partial charge >= 0.3 is 0 Å². The van der Waals surface area contributed by atoms with Crippen LogP contribution in [0.25, 0.3) is 22.5 Å². The van der Waals surface area contributed by atoms with Crippen LogP contribution in [0.5, 0.6) is 0 Å². The monoisotopic (exact) mass is 1140 g/mol. The number of phosphoric ester groups is 2. The van der Waals surface area contributed by atoms with E-state index < -0.39 is 15.6 Å². The van der Waals surface area contributed by atoms with E-state index >= 15 is 0 Å². The highest BCUT2D eigenvalue weighted by molar-refractivity contribution is 7.46. The molecule has 0 fully saturated rings. The number of amides is 4. The lowest BCUT2D eigenvalue weighted by Gasteiger charge is -2.28. The lowest BCUT2D eigenvalue weighted by Crippen LogP contribution is -2.31. The standard InChI is InChI=1S/C30H40N5O6P.C29H37N2O6P/c1-34-30-25-16-10-11-17-26(25)35(22-23-14-8-9-15-24(23)29(30)32-33-34)28(37)19-7-4-3-6-18-27(36)31-20-12-5-13-21-41-42(38,39)40-2;1-36-38(34,35)37-22-12-4-11-21-30-28(32)17-5-2-3-6-18-29(33)31-23-26-15-8-7-13-24(26)19-20-25-14-9-10-16-27(25)31/h8-11,14-17H,3-7,12-13,18-22H2,1-2H3,(H,31,36)(H,38,39);7-10,13-16H,2-6,11-12,17-18,21-23H2,1H3,(H,30,32)(H,34,35)/p-2. The highest BCUT2D eigenvalue weighted by Gasteiger charge is 2.28. The van der Waals surface area contributed by atoms with E-state index in [-0.39, 0.29) is 36.8 Å². The number of nitrogens with zero attached hydrogens (tertiary/aromatic N) is 5. The number of phosphoric acid groups is 2. The number of hydrogen-bond donors (Lipinski definition) is 2. The number of aryl methyl sites for hydroxylation is 1. The van der Waals surface area contributed by atoms with E-state index in [9.17, 15) is 38.1 Å². The van der Waals surface area contributed by atoms with E-state index in [0.29, 0.717) is 64.7 Å². The van der Waals surface area contributed by atoms with Crippen LogP contribution < -0.4 is 30.2 Å². The number of nitrogens with one attached hydrogen (secondary N) is 2. The summed E-state index contributed by atoms with van der Waals surface area (Å²) in [5.41, 5.74) is 9.21. The molecule has 4 aromatic carbocycles. The molecule has 7 rings (SSSR count). The van der Waals surface area contributed by atoms with Gasteiger partial charge in [-0.15, -0.1) is 5.10 Å². The van der Waals surface area contributed by atoms with Gasteiger partial charge in [0.1, 0.15) is 5.69 Å². The van der Waals surface area contributed by atoms with Crippen LogP contribution in [-0.4, -0.2) is 79.1 Å². The molecular weight excluding hydrogens is 1060 g/mol. The maximum atomic E-state index is 13.6. The Balaban J connectivity index is 0.000000259. The van der Waals surface area contributed by atoms with Crippen LogP contribution in [0, 0.1) is 11.8 Å². The van der Waals surface area contributed by atoms with Crippen molar-refractivity contribution in [3.63, 3.8) is 0 Å². The number of fused-ring (bicyclic) bond motifs is 7. The van der Waals surface area contributed by atoms with Gasteiger partial charge in [0.25, 0.3) is 15.6 Å². The first-order valence-electron chi connectivity index (χ1n) is 27.6. The Labute approximate surface area is 470 Å². The summed E-state index contributed by atoms with van der Waals surface area (Å²) in [5.74, 6) is 6.63. The number of unbranched alkanes of at least 4 members (excludes halogenated alkanes) is 10. The predicted molar refractivity (Wildman–Crippen MR) is 303 cm³/mol. The molecule has 0 radical (unpaired) electrons. The van der Waals surface area contributed by atoms with Gasteiger partial charge in [-0.25, -0.2) is 4.68 Å². The summed E-state index contributed by atoms with van der Waals surface area (Å²) in [7, 11) is -4.31. The Morgan fingerprint density at radius 2 is 0.975 bits per heavy atom. The fourth-order valence-corrected chi connectivity index (χ4v) is 10.2. The van der Waals surface area contributed by atoms with Crippen molar-refractivity contribution in [3.8, 4) is 34.4 Å². The number of para-hydroxylation sites is 2. The Bertz CT molecular complexity index is 2990. The van der Waals surface area contributed by atoms with Crippen LogP contribution in [0.4, 0.5) is 11.4 Å². The maximum absolute atomic E-state index is 13.6. The van der Waals surface area contributed by atoms with Crippen molar-refractivity contribution in [2.75, 3.05) is 50.3 Å². The number of rotatable bonds is 30. The molecule has 0 aliphatic carbocycles. The highest BCUT2D eigenvalue weighted by atomic mass is 31.2. The van der Waals surface area contributed by atoms with Crippen molar-refractivity contribution in [1.82, 2.24) is 25.6 Å². The Hall–Kier alpha value is -6.32. The van der Waals surface area contributed by atoms with Crippen molar-refractivity contribution < 1.29 is 56.2 Å². The first-order valence-corrected chi connectivity index (χ1v) is 30.6. The molecule has 3 heterocycles. The number of benzene rings is 4. The summed E-state index contributed by atoms with van der Waals surface area (Å²) in [6, 6.07) is 31.7. The number of hydrogen-bond acceptors (Lipinski definition) is 14. The summed E-state index contributed by atoms with van der Waals surface area (Å²) in [6.07, 6.45) is 12.5. The van der Waals surface area contributed by atoms with Gasteiger partial charge in [-0.3, -0.25) is 28.3 Å². The van der Waals surface area contributed by atoms with Gasteiger partial charge in [0.05, 0.1) is 43.4 Å². The van der Waals surface area contributed by atoms with Crippen LogP contribution in [0.2, 0.25) is 0 Å². The Kier molecular flexibility index (Phi) is 25.8. The van der Waals surface area contributed by atoms with E-state index in [2.05, 4.69) is 50.9 Å². The summed E-state index contributed by atoms with van der Waals surface area (Å²) < 4.78 is 41.7.